The van der Waals surface area contributed by atoms with Gasteiger partial charge in [0.25, 0.3) is 0 Å². The lowest BCUT2D eigenvalue weighted by molar-refractivity contribution is 0.0598. The number of anilines is 1. The van der Waals surface area contributed by atoms with E-state index < -0.39 is 22.0 Å². The van der Waals surface area contributed by atoms with Crippen LogP contribution in [0.1, 0.15) is 20.7 Å². The number of hydrogen-bond donors (Lipinski definition) is 1. The first kappa shape index (κ1) is 23.7. The molecule has 1 heterocycles. The second-order valence-corrected chi connectivity index (χ2v) is 9.06. The van der Waals surface area contributed by atoms with Crippen LogP contribution in [0.2, 0.25) is 0 Å². The molecule has 9 nitrogen and oxygen atoms in total. The Balaban J connectivity index is 1.60. The highest BCUT2D eigenvalue weighted by Gasteiger charge is 2.22. The molecule has 1 N–H and O–H groups in total. The molecule has 1 aliphatic rings. The van der Waals surface area contributed by atoms with Crippen LogP contribution in [0.15, 0.2) is 53.4 Å². The number of carbonyl (C=O) groups excluding carboxylic acids is 2. The summed E-state index contributed by atoms with van der Waals surface area (Å²) in [5.41, 5.74) is 1.08. The Hall–Kier alpha value is -2.95. The number of hydrogen-bond acceptors (Lipinski definition) is 8. The molecule has 0 saturated carbocycles. The molecule has 10 heteroatoms. The number of rotatable bonds is 8. The van der Waals surface area contributed by atoms with Gasteiger partial charge in [0.1, 0.15) is 0 Å². The fourth-order valence-electron chi connectivity index (χ4n) is 3.52. The summed E-state index contributed by atoms with van der Waals surface area (Å²) in [6, 6.07) is 13.8. The summed E-state index contributed by atoms with van der Waals surface area (Å²) in [6.45, 7) is 4.11. The van der Waals surface area contributed by atoms with Crippen molar-refractivity contribution in [3.05, 3.63) is 59.7 Å². The molecular weight excluding hydrogens is 434 g/mol. The van der Waals surface area contributed by atoms with Gasteiger partial charge in [0, 0.05) is 45.0 Å². The molecule has 1 saturated heterocycles. The molecular formula is C22H27N3O6S. The minimum Gasteiger partial charge on any atom is -0.465 e. The molecule has 0 amide bonds. The molecule has 0 aliphatic carbocycles. The van der Waals surface area contributed by atoms with Crippen LogP contribution in [0.5, 0.6) is 0 Å². The summed E-state index contributed by atoms with van der Waals surface area (Å²) in [5, 5.41) is 0. The SMILES string of the molecule is COC(=O)c1cc(C(=O)OC)cc(S(=O)(=O)NCCN2CCN(c3ccccc3)CC2)c1. The number of ether oxygens (including phenoxy) is 2. The van der Waals surface area contributed by atoms with Crippen LogP contribution >= 0.6 is 0 Å². The number of piperazine rings is 1. The van der Waals surface area contributed by atoms with E-state index in [4.69, 9.17) is 0 Å². The molecule has 0 radical (unpaired) electrons. The van der Waals surface area contributed by atoms with E-state index in [2.05, 4.69) is 36.1 Å². The van der Waals surface area contributed by atoms with Gasteiger partial charge in [0.15, 0.2) is 0 Å². The van der Waals surface area contributed by atoms with Crippen LogP contribution in [0.4, 0.5) is 5.69 Å². The molecule has 0 spiro atoms. The third-order valence-corrected chi connectivity index (χ3v) is 6.71. The van der Waals surface area contributed by atoms with Gasteiger partial charge < -0.3 is 14.4 Å². The van der Waals surface area contributed by atoms with E-state index in [0.29, 0.717) is 6.54 Å². The van der Waals surface area contributed by atoms with Crippen molar-refractivity contribution >= 4 is 27.6 Å². The van der Waals surface area contributed by atoms with Gasteiger partial charge in [-0.25, -0.2) is 22.7 Å². The Labute approximate surface area is 188 Å². The van der Waals surface area contributed by atoms with Gasteiger partial charge in [0.2, 0.25) is 10.0 Å². The molecule has 172 valence electrons. The van der Waals surface area contributed by atoms with Crippen molar-refractivity contribution in [2.75, 3.05) is 58.4 Å². The molecule has 0 atom stereocenters. The highest BCUT2D eigenvalue weighted by molar-refractivity contribution is 7.89. The topological polar surface area (TPSA) is 105 Å². The third-order valence-electron chi connectivity index (χ3n) is 5.27. The maximum absolute atomic E-state index is 12.8. The van der Waals surface area contributed by atoms with E-state index in [9.17, 15) is 18.0 Å². The quantitative estimate of drug-likeness (QED) is 0.588. The lowest BCUT2D eigenvalue weighted by Crippen LogP contribution is -2.48. The van der Waals surface area contributed by atoms with Gasteiger partial charge in [-0.05, 0) is 30.3 Å². The van der Waals surface area contributed by atoms with Crippen LogP contribution in [0.25, 0.3) is 0 Å². The van der Waals surface area contributed by atoms with E-state index in [1.165, 1.54) is 38.1 Å². The summed E-state index contributed by atoms with van der Waals surface area (Å²) in [4.78, 5) is 28.1. The van der Waals surface area contributed by atoms with Crippen molar-refractivity contribution in [2.45, 2.75) is 4.90 Å². The Kier molecular flexibility index (Phi) is 7.84. The zero-order chi connectivity index (χ0) is 23.1. The summed E-state index contributed by atoms with van der Waals surface area (Å²) in [6.07, 6.45) is 0. The largest absolute Gasteiger partial charge is 0.465 e. The number of nitrogens with zero attached hydrogens (tertiary/aromatic N) is 2. The van der Waals surface area contributed by atoms with Crippen LogP contribution < -0.4 is 9.62 Å². The summed E-state index contributed by atoms with van der Waals surface area (Å²) in [7, 11) is -1.59. The Morgan fingerprint density at radius 1 is 0.906 bits per heavy atom. The van der Waals surface area contributed by atoms with Crippen molar-refractivity contribution in [3.8, 4) is 0 Å². The van der Waals surface area contributed by atoms with E-state index in [1.54, 1.807) is 0 Å². The first-order chi connectivity index (χ1) is 15.3. The molecule has 0 bridgehead atoms. The maximum Gasteiger partial charge on any atom is 0.337 e. The summed E-state index contributed by atoms with van der Waals surface area (Å²) >= 11 is 0. The average Bonchev–Trinajstić information content (AvgIpc) is 2.83. The second-order valence-electron chi connectivity index (χ2n) is 7.29. The monoisotopic (exact) mass is 461 g/mol. The number of methoxy groups -OCH3 is 2. The van der Waals surface area contributed by atoms with Crippen molar-refractivity contribution in [1.29, 1.82) is 0 Å². The van der Waals surface area contributed by atoms with Gasteiger partial charge >= 0.3 is 11.9 Å². The van der Waals surface area contributed by atoms with Crippen molar-refractivity contribution in [1.82, 2.24) is 9.62 Å². The van der Waals surface area contributed by atoms with E-state index in [1.807, 2.05) is 18.2 Å². The normalized spacial score (nSPS) is 14.8. The van der Waals surface area contributed by atoms with Gasteiger partial charge in [-0.1, -0.05) is 18.2 Å². The highest BCUT2D eigenvalue weighted by atomic mass is 32.2. The van der Waals surface area contributed by atoms with Gasteiger partial charge in [-0.3, -0.25) is 4.90 Å². The molecule has 0 aromatic heterocycles. The lowest BCUT2D eigenvalue weighted by Gasteiger charge is -2.36. The number of nitrogens with one attached hydrogen (secondary N) is 1. The molecule has 3 rings (SSSR count). The predicted octanol–water partition coefficient (Wildman–Crippen LogP) is 1.36. The molecule has 1 aliphatic heterocycles. The van der Waals surface area contributed by atoms with Crippen LogP contribution in [0, 0.1) is 0 Å². The molecule has 2 aromatic carbocycles. The number of benzene rings is 2. The smallest absolute Gasteiger partial charge is 0.337 e. The number of esters is 2. The summed E-state index contributed by atoms with van der Waals surface area (Å²) in [5.74, 6) is -1.49. The van der Waals surface area contributed by atoms with Gasteiger partial charge in [-0.2, -0.15) is 0 Å². The molecule has 1 fully saturated rings. The minimum atomic E-state index is -3.95. The first-order valence-electron chi connectivity index (χ1n) is 10.2. The fourth-order valence-corrected chi connectivity index (χ4v) is 4.61. The predicted molar refractivity (Wildman–Crippen MR) is 119 cm³/mol. The Morgan fingerprint density at radius 2 is 1.47 bits per heavy atom. The number of para-hydroxylation sites is 1. The highest BCUT2D eigenvalue weighted by Crippen LogP contribution is 2.18. The van der Waals surface area contributed by atoms with E-state index in [-0.39, 0.29) is 22.6 Å². The number of carbonyl (C=O) groups is 2. The van der Waals surface area contributed by atoms with Crippen LogP contribution in [-0.4, -0.2) is 78.7 Å². The van der Waals surface area contributed by atoms with Gasteiger partial charge in [-0.15, -0.1) is 0 Å². The summed E-state index contributed by atoms with van der Waals surface area (Å²) < 4.78 is 37.4. The molecule has 2 aromatic rings. The molecule has 0 unspecified atom stereocenters. The maximum atomic E-state index is 12.8. The fraction of sp³-hybridized carbons (Fsp3) is 0.364. The van der Waals surface area contributed by atoms with Crippen molar-refractivity contribution < 1.29 is 27.5 Å². The van der Waals surface area contributed by atoms with Crippen LogP contribution in [-0.2, 0) is 19.5 Å². The minimum absolute atomic E-state index is 0.0483. The lowest BCUT2D eigenvalue weighted by atomic mass is 10.1. The Morgan fingerprint density at radius 3 is 2.00 bits per heavy atom. The zero-order valence-electron chi connectivity index (χ0n) is 18.1. The standard InChI is InChI=1S/C22H27N3O6S/c1-30-21(26)17-14-18(22(27)31-2)16-20(15-17)32(28,29)23-8-9-24-10-12-25(13-11-24)19-6-4-3-5-7-19/h3-7,14-16,23H,8-13H2,1-2H3. The Bertz CT molecular complexity index is 1020. The van der Waals surface area contributed by atoms with E-state index in [0.717, 1.165) is 26.2 Å². The van der Waals surface area contributed by atoms with Crippen LogP contribution in [0.3, 0.4) is 0 Å². The first-order valence-corrected chi connectivity index (χ1v) is 11.7. The second kappa shape index (κ2) is 10.6. The average molecular weight is 462 g/mol. The third kappa shape index (κ3) is 5.84. The van der Waals surface area contributed by atoms with Crippen molar-refractivity contribution in [3.63, 3.8) is 0 Å². The zero-order valence-corrected chi connectivity index (χ0v) is 18.9. The van der Waals surface area contributed by atoms with Crippen molar-refractivity contribution in [2.24, 2.45) is 0 Å². The van der Waals surface area contributed by atoms with Gasteiger partial charge in [0.05, 0.1) is 30.2 Å². The number of sulfonamides is 1. The molecule has 32 heavy (non-hydrogen) atoms. The van der Waals surface area contributed by atoms with E-state index >= 15 is 0 Å².